The van der Waals surface area contributed by atoms with Crippen LogP contribution in [0.4, 0.5) is 0 Å². The molecule has 7 heterocycles. The number of hydrogen-bond donors (Lipinski definition) is 6. The van der Waals surface area contributed by atoms with Crippen molar-refractivity contribution in [1.29, 1.82) is 0 Å². The molecule has 20 atom stereocenters. The zero-order valence-corrected chi connectivity index (χ0v) is 41.6. The molecule has 0 radical (unpaired) electrons. The molecule has 0 amide bonds. The number of aliphatic hydroxyl groups excluding tert-OH is 5. The van der Waals surface area contributed by atoms with Crippen LogP contribution in [0, 0.1) is 17.8 Å². The predicted molar refractivity (Wildman–Crippen MR) is 249 cm³/mol. The molecule has 7 aliphatic rings. The summed E-state index contributed by atoms with van der Waals surface area (Å²) in [7, 11) is 3.28. The number of carbonyl (C=O) groups excluding carboxylic acids is 1. The topological polar surface area (TPSA) is 239 Å². The number of carbonyl (C=O) groups is 2. The summed E-state index contributed by atoms with van der Waals surface area (Å²) in [6.07, 6.45) is 7.71. The Balaban J connectivity index is 1.12. The molecule has 3 spiro atoms. The van der Waals surface area contributed by atoms with E-state index in [1.165, 1.54) is 0 Å². The minimum absolute atomic E-state index is 0.000201. The molecule has 7 fully saturated rings. The Morgan fingerprint density at radius 3 is 2.23 bits per heavy atom. The van der Waals surface area contributed by atoms with Crippen LogP contribution in [0.3, 0.4) is 0 Å². The molecule has 7 aliphatic heterocycles. The maximum Gasteiger partial charge on any atom is 0.332 e. The maximum absolute atomic E-state index is 13.9. The van der Waals surface area contributed by atoms with Crippen LogP contribution in [0.2, 0.25) is 0 Å². The number of hydrogen-bond acceptors (Lipinski definition) is 16. The minimum Gasteiger partial charge on any atom is -0.479 e. The third-order valence-electron chi connectivity index (χ3n) is 16.4. The van der Waals surface area contributed by atoms with E-state index < -0.39 is 90.3 Å². The lowest BCUT2D eigenvalue weighted by Crippen LogP contribution is -2.59. The molecule has 69 heavy (non-hydrogen) atoms. The van der Waals surface area contributed by atoms with Crippen LogP contribution in [-0.4, -0.2) is 160 Å². The van der Waals surface area contributed by atoms with Crippen molar-refractivity contribution < 1.29 is 82.9 Å². The van der Waals surface area contributed by atoms with Crippen molar-refractivity contribution >= 4 is 11.9 Å². The van der Waals surface area contributed by atoms with Gasteiger partial charge in [0.2, 0.25) is 0 Å². The average Bonchev–Trinajstić information content (AvgIpc) is 3.65. The van der Waals surface area contributed by atoms with Gasteiger partial charge in [-0.1, -0.05) is 45.1 Å². The Bertz CT molecular complexity index is 1710. The second kappa shape index (κ2) is 24.3. The van der Waals surface area contributed by atoms with Crippen molar-refractivity contribution in [2.75, 3.05) is 14.2 Å². The first-order valence-electron chi connectivity index (χ1n) is 26.2. The smallest absolute Gasteiger partial charge is 0.332 e. The molecule has 394 valence electrons. The standard InChI is InChI=1S/C52H84O17/c1-31-18-21-50-23-20-42(62-5)48(68-50)47(58)46(57)32(2)16-17-38-27-39(61-4)29-51(65-38)22-19-33(3)52(69-51)30-44(41(67-52)15-10-8-6-7-9-14-40(55)49(59)60)64-45(56)28-37-13-11-12-36(63-37)25-34(53)24-35(54)26-43(31)66-50/h7-10,31-44,46-48,53-55,57-58H,6,11-30H2,1-5H3,(H,59,60)/b9-7-,10-8+/t31-,32-,33-,34-,35-,36-,37+,38+,39-,40+,41-,42-,43+,44-,46-,47-,48-,50-,51+,52+/m0/s1. The predicted octanol–water partition coefficient (Wildman–Crippen LogP) is 5.53. The van der Waals surface area contributed by atoms with E-state index in [4.69, 9.17) is 47.7 Å². The fourth-order valence-corrected chi connectivity index (χ4v) is 12.2. The molecular weight excluding hydrogens is 897 g/mol. The summed E-state index contributed by atoms with van der Waals surface area (Å²) in [4.78, 5) is 24.9. The number of fused-ring (bicyclic) bond motifs is 6. The second-order valence-corrected chi connectivity index (χ2v) is 21.7. The molecule has 9 bridgehead atoms. The number of rotatable bonds is 9. The number of carboxylic acid groups (broad SMARTS) is 1. The van der Waals surface area contributed by atoms with Gasteiger partial charge in [-0.3, -0.25) is 4.79 Å². The minimum atomic E-state index is -1.46. The van der Waals surface area contributed by atoms with Gasteiger partial charge in [0.05, 0.1) is 61.4 Å². The highest BCUT2D eigenvalue weighted by Gasteiger charge is 2.60. The summed E-state index contributed by atoms with van der Waals surface area (Å²) in [5, 5.41) is 64.9. The SMILES string of the molecule is CO[C@H]1C[C@H]2CC[C@H](C)[C@H](O)[C@H](O)[C@H]3O[C@]4(CC[C@@H]3OC)CC[C@H](C)[C@@H](C[C@@H](O)C[C@H](O)C[C@@H]3CCC[C@H](CC(=O)O[C@H]5C[C@@]6(O[C@H]5C/C=C/C/C=C\C[C@@H](O)C(=O)O)O[C@](CC[C@@H]6C)(C1)O2)O3)O4. The number of aliphatic hydroxyl groups is 5. The highest BCUT2D eigenvalue weighted by atomic mass is 16.8. The van der Waals surface area contributed by atoms with Crippen molar-refractivity contribution in [1.82, 2.24) is 0 Å². The molecule has 17 nitrogen and oxygen atoms in total. The van der Waals surface area contributed by atoms with Crippen LogP contribution < -0.4 is 0 Å². The Hall–Kier alpha value is -2.10. The number of esters is 1. The molecule has 6 N–H and O–H groups in total. The molecular formula is C52H84O17. The number of ether oxygens (including phenoxy) is 9. The van der Waals surface area contributed by atoms with Gasteiger partial charge >= 0.3 is 11.9 Å². The van der Waals surface area contributed by atoms with E-state index >= 15 is 0 Å². The van der Waals surface area contributed by atoms with Gasteiger partial charge in [-0.25, -0.2) is 4.79 Å². The Morgan fingerprint density at radius 2 is 1.46 bits per heavy atom. The van der Waals surface area contributed by atoms with Crippen LogP contribution in [0.15, 0.2) is 24.3 Å². The fraction of sp³-hybridized carbons (Fsp3) is 0.885. The summed E-state index contributed by atoms with van der Waals surface area (Å²) in [5.41, 5.74) is 0. The Kier molecular flexibility index (Phi) is 19.2. The molecule has 0 aromatic rings. The van der Waals surface area contributed by atoms with E-state index in [-0.39, 0.29) is 67.9 Å². The van der Waals surface area contributed by atoms with Gasteiger partial charge < -0.3 is 73.3 Å². The Morgan fingerprint density at radius 1 is 0.725 bits per heavy atom. The molecule has 0 unspecified atom stereocenters. The molecule has 0 aromatic heterocycles. The second-order valence-electron chi connectivity index (χ2n) is 21.7. The van der Waals surface area contributed by atoms with Crippen LogP contribution in [0.1, 0.15) is 156 Å². The van der Waals surface area contributed by atoms with Gasteiger partial charge in [-0.05, 0) is 95.3 Å². The number of aliphatic carboxylic acids is 1. The Labute approximate surface area is 408 Å². The first kappa shape index (κ1) is 54.7. The summed E-state index contributed by atoms with van der Waals surface area (Å²) in [5.74, 6) is -5.22. The first-order chi connectivity index (χ1) is 32.9. The van der Waals surface area contributed by atoms with Crippen molar-refractivity contribution in [2.45, 2.75) is 258 Å². The molecule has 0 aromatic carbocycles. The van der Waals surface area contributed by atoms with Crippen molar-refractivity contribution in [2.24, 2.45) is 17.8 Å². The third kappa shape index (κ3) is 13.9. The van der Waals surface area contributed by atoms with E-state index in [0.717, 1.165) is 19.3 Å². The zero-order chi connectivity index (χ0) is 49.5. The summed E-state index contributed by atoms with van der Waals surface area (Å²) >= 11 is 0. The van der Waals surface area contributed by atoms with E-state index in [1.807, 2.05) is 19.1 Å². The monoisotopic (exact) mass is 981 g/mol. The van der Waals surface area contributed by atoms with Crippen LogP contribution >= 0.6 is 0 Å². The van der Waals surface area contributed by atoms with Crippen molar-refractivity contribution in [3.05, 3.63) is 24.3 Å². The van der Waals surface area contributed by atoms with Gasteiger partial charge in [-0.2, -0.15) is 0 Å². The highest BCUT2D eigenvalue weighted by Crippen LogP contribution is 2.53. The lowest BCUT2D eigenvalue weighted by molar-refractivity contribution is -0.414. The van der Waals surface area contributed by atoms with E-state index in [2.05, 4.69) is 13.8 Å². The number of carboxylic acids is 1. The summed E-state index contributed by atoms with van der Waals surface area (Å²) < 4.78 is 59.1. The van der Waals surface area contributed by atoms with Crippen LogP contribution in [0.25, 0.3) is 0 Å². The molecule has 0 aliphatic carbocycles. The van der Waals surface area contributed by atoms with E-state index in [0.29, 0.717) is 89.9 Å². The highest BCUT2D eigenvalue weighted by molar-refractivity contribution is 5.72. The zero-order valence-electron chi connectivity index (χ0n) is 41.6. The van der Waals surface area contributed by atoms with Gasteiger partial charge in [-0.15, -0.1) is 0 Å². The maximum atomic E-state index is 13.9. The number of methoxy groups -OCH3 is 2. The largest absolute Gasteiger partial charge is 0.479 e. The van der Waals surface area contributed by atoms with E-state index in [9.17, 15) is 35.1 Å². The van der Waals surface area contributed by atoms with Crippen LogP contribution in [-0.2, 0) is 52.2 Å². The van der Waals surface area contributed by atoms with Gasteiger partial charge in [0, 0.05) is 65.1 Å². The first-order valence-corrected chi connectivity index (χ1v) is 26.2. The van der Waals surface area contributed by atoms with Gasteiger partial charge in [0.1, 0.15) is 24.4 Å². The van der Waals surface area contributed by atoms with Crippen molar-refractivity contribution in [3.8, 4) is 0 Å². The fourth-order valence-electron chi connectivity index (χ4n) is 12.2. The summed E-state index contributed by atoms with van der Waals surface area (Å²) in [6.45, 7) is 6.09. The summed E-state index contributed by atoms with van der Waals surface area (Å²) in [6, 6.07) is 0. The third-order valence-corrected chi connectivity index (χ3v) is 16.4. The van der Waals surface area contributed by atoms with Gasteiger partial charge in [0.25, 0.3) is 0 Å². The van der Waals surface area contributed by atoms with Gasteiger partial charge in [0.15, 0.2) is 23.5 Å². The molecule has 17 heteroatoms. The normalized spacial score (nSPS) is 45.9. The lowest BCUT2D eigenvalue weighted by Gasteiger charge is -2.53. The molecule has 0 saturated carbocycles. The molecule has 7 saturated heterocycles. The molecule has 7 rings (SSSR count). The average molecular weight is 981 g/mol. The van der Waals surface area contributed by atoms with E-state index in [1.54, 1.807) is 26.4 Å². The van der Waals surface area contributed by atoms with Crippen LogP contribution in [0.5, 0.6) is 0 Å². The quantitative estimate of drug-likeness (QED) is 0.123. The lowest BCUT2D eigenvalue weighted by atomic mass is 9.81. The van der Waals surface area contributed by atoms with Crippen molar-refractivity contribution in [3.63, 3.8) is 0 Å². The number of allylic oxidation sites excluding steroid dienone is 2.